The van der Waals surface area contributed by atoms with E-state index in [1.165, 1.54) is 0 Å². The maximum atomic E-state index is 5.83. The van der Waals surface area contributed by atoms with Crippen LogP contribution in [0.2, 0.25) is 0 Å². The predicted octanol–water partition coefficient (Wildman–Crippen LogP) is 2.49. The second kappa shape index (κ2) is 3.64. The van der Waals surface area contributed by atoms with Crippen molar-refractivity contribution in [1.29, 1.82) is 0 Å². The van der Waals surface area contributed by atoms with Crippen LogP contribution in [0.5, 0.6) is 5.75 Å². The molecule has 0 bridgehead atoms. The summed E-state index contributed by atoms with van der Waals surface area (Å²) in [7, 11) is 0. The molecule has 0 radical (unpaired) electrons. The maximum absolute atomic E-state index is 5.83. The summed E-state index contributed by atoms with van der Waals surface area (Å²) in [6.45, 7) is 0.389. The van der Waals surface area contributed by atoms with Crippen molar-refractivity contribution in [2.24, 2.45) is 9.98 Å². The monoisotopic (exact) mass is 233 g/mol. The normalized spacial score (nSPS) is 17.7. The van der Waals surface area contributed by atoms with Crippen molar-refractivity contribution in [1.82, 2.24) is 4.90 Å². The van der Waals surface area contributed by atoms with Crippen LogP contribution in [-0.2, 0) is 0 Å². The molecule has 4 nitrogen and oxygen atoms in total. The van der Waals surface area contributed by atoms with Gasteiger partial charge in [-0.15, -0.1) is 0 Å². The van der Waals surface area contributed by atoms with E-state index in [9.17, 15) is 0 Å². The molecule has 0 fully saturated rings. The van der Waals surface area contributed by atoms with Crippen LogP contribution in [0.25, 0.3) is 0 Å². The van der Waals surface area contributed by atoms with Crippen LogP contribution in [0.4, 0.5) is 5.69 Å². The Morgan fingerprint density at radius 3 is 3.06 bits per heavy atom. The summed E-state index contributed by atoms with van der Waals surface area (Å²) in [5, 5.41) is 0.425. The minimum atomic E-state index is 0.389. The molecule has 0 aliphatic carbocycles. The Hall–Kier alpha value is -1.81. The van der Waals surface area contributed by atoms with Crippen molar-refractivity contribution in [3.05, 3.63) is 36.5 Å². The molecule has 0 N–H and O–H groups in total. The number of hydrogen-bond donors (Lipinski definition) is 0. The van der Waals surface area contributed by atoms with Crippen molar-refractivity contribution in [3.8, 4) is 5.75 Å². The number of benzene rings is 1. The van der Waals surface area contributed by atoms with Crippen molar-refractivity contribution in [2.75, 3.05) is 6.73 Å². The number of guanidine groups is 1. The Morgan fingerprint density at radius 1 is 1.25 bits per heavy atom. The molecular formula is C11H8ClN3O. The van der Waals surface area contributed by atoms with Crippen molar-refractivity contribution in [2.45, 2.75) is 0 Å². The zero-order valence-electron chi connectivity index (χ0n) is 8.30. The van der Waals surface area contributed by atoms with Gasteiger partial charge in [0.1, 0.15) is 16.6 Å². The van der Waals surface area contributed by atoms with Gasteiger partial charge in [0.05, 0.1) is 0 Å². The summed E-state index contributed by atoms with van der Waals surface area (Å²) < 4.78 is 5.60. The van der Waals surface area contributed by atoms with Gasteiger partial charge >= 0.3 is 0 Å². The van der Waals surface area contributed by atoms with Crippen LogP contribution in [0.15, 0.2) is 46.5 Å². The number of nitrogens with zero attached hydrogens (tertiary/aromatic N) is 3. The highest BCUT2D eigenvalue weighted by Crippen LogP contribution is 2.30. The second-order valence-corrected chi connectivity index (χ2v) is 3.76. The van der Waals surface area contributed by atoms with E-state index < -0.39 is 0 Å². The second-order valence-electron chi connectivity index (χ2n) is 3.37. The van der Waals surface area contributed by atoms with E-state index in [0.29, 0.717) is 17.9 Å². The molecule has 5 heteroatoms. The van der Waals surface area contributed by atoms with Crippen LogP contribution >= 0.6 is 11.6 Å². The molecule has 80 valence electrons. The van der Waals surface area contributed by atoms with Crippen LogP contribution in [0.1, 0.15) is 0 Å². The van der Waals surface area contributed by atoms with E-state index in [0.717, 1.165) is 11.4 Å². The molecule has 2 heterocycles. The lowest BCUT2D eigenvalue weighted by Gasteiger charge is -2.19. The number of aliphatic imine (C=N–C) groups is 2. The third kappa shape index (κ3) is 1.57. The highest BCUT2D eigenvalue weighted by Gasteiger charge is 2.18. The standard InChI is InChI=1S/C11H8ClN3O/c12-10-5-6-15-7-16-9-4-2-1-3-8(9)13-11(15)14-10/h1-6H,7H2. The van der Waals surface area contributed by atoms with Gasteiger partial charge in [0.2, 0.25) is 5.96 Å². The van der Waals surface area contributed by atoms with Gasteiger partial charge in [-0.1, -0.05) is 23.7 Å². The fraction of sp³-hybridized carbons (Fsp3) is 0.0909. The average molecular weight is 234 g/mol. The minimum absolute atomic E-state index is 0.389. The third-order valence-corrected chi connectivity index (χ3v) is 2.51. The number of ether oxygens (including phenoxy) is 1. The summed E-state index contributed by atoms with van der Waals surface area (Å²) in [4.78, 5) is 10.4. The van der Waals surface area contributed by atoms with Gasteiger partial charge < -0.3 is 4.74 Å². The zero-order chi connectivity index (χ0) is 11.0. The largest absolute Gasteiger partial charge is 0.470 e. The molecule has 0 unspecified atom stereocenters. The smallest absolute Gasteiger partial charge is 0.234 e. The number of hydrogen-bond acceptors (Lipinski definition) is 4. The molecule has 2 aliphatic heterocycles. The van der Waals surface area contributed by atoms with Crippen LogP contribution in [0, 0.1) is 0 Å². The van der Waals surface area contributed by atoms with Crippen LogP contribution in [-0.4, -0.2) is 22.8 Å². The van der Waals surface area contributed by atoms with Gasteiger partial charge in [0.25, 0.3) is 0 Å². The molecular weight excluding hydrogens is 226 g/mol. The molecule has 2 aliphatic rings. The Labute approximate surface area is 97.5 Å². The number of rotatable bonds is 0. The lowest BCUT2D eigenvalue weighted by atomic mass is 10.3. The highest BCUT2D eigenvalue weighted by molar-refractivity contribution is 6.69. The summed E-state index contributed by atoms with van der Waals surface area (Å²) in [5.74, 6) is 1.31. The Morgan fingerprint density at radius 2 is 2.12 bits per heavy atom. The average Bonchev–Trinajstić information content (AvgIpc) is 2.47. The van der Waals surface area contributed by atoms with Crippen LogP contribution < -0.4 is 4.74 Å². The molecule has 1 aromatic carbocycles. The molecule has 0 spiro atoms. The molecule has 0 aromatic heterocycles. The number of fused-ring (bicyclic) bond motifs is 2. The van der Waals surface area contributed by atoms with Gasteiger partial charge in [-0.25, -0.2) is 9.98 Å². The van der Waals surface area contributed by atoms with E-state index in [1.54, 1.807) is 17.2 Å². The van der Waals surface area contributed by atoms with Gasteiger partial charge in [-0.2, -0.15) is 0 Å². The Bertz CT molecular complexity index is 522. The topological polar surface area (TPSA) is 37.2 Å². The third-order valence-electron chi connectivity index (χ3n) is 2.30. The van der Waals surface area contributed by atoms with E-state index >= 15 is 0 Å². The fourth-order valence-electron chi connectivity index (χ4n) is 1.52. The fourth-order valence-corrected chi connectivity index (χ4v) is 1.66. The molecule has 0 atom stereocenters. The molecule has 1 aromatic rings. The Balaban J connectivity index is 2.09. The summed E-state index contributed by atoms with van der Waals surface area (Å²) in [6.07, 6.45) is 3.51. The van der Waals surface area contributed by atoms with E-state index in [1.807, 2.05) is 24.3 Å². The van der Waals surface area contributed by atoms with E-state index in [-0.39, 0.29) is 0 Å². The first-order valence-electron chi connectivity index (χ1n) is 4.82. The highest BCUT2D eigenvalue weighted by atomic mass is 35.5. The molecule has 0 saturated carbocycles. The summed E-state index contributed by atoms with van der Waals surface area (Å²) in [6, 6.07) is 7.59. The van der Waals surface area contributed by atoms with Gasteiger partial charge in [0.15, 0.2) is 6.73 Å². The molecule has 16 heavy (non-hydrogen) atoms. The zero-order valence-corrected chi connectivity index (χ0v) is 9.05. The first-order valence-corrected chi connectivity index (χ1v) is 5.20. The lowest BCUT2D eigenvalue weighted by molar-refractivity contribution is 0.233. The van der Waals surface area contributed by atoms with E-state index in [2.05, 4.69) is 9.98 Å². The number of halogens is 1. The molecule has 0 amide bonds. The summed E-state index contributed by atoms with van der Waals surface area (Å²) in [5.41, 5.74) is 0.767. The molecule has 3 rings (SSSR count). The summed E-state index contributed by atoms with van der Waals surface area (Å²) >= 11 is 5.83. The maximum Gasteiger partial charge on any atom is 0.234 e. The SMILES string of the molecule is ClC1=NC2=Nc3ccccc3OCN2C=C1. The van der Waals surface area contributed by atoms with Crippen molar-refractivity contribution < 1.29 is 4.74 Å². The lowest BCUT2D eigenvalue weighted by Crippen LogP contribution is -2.29. The van der Waals surface area contributed by atoms with Gasteiger partial charge in [0, 0.05) is 6.20 Å². The van der Waals surface area contributed by atoms with Gasteiger partial charge in [-0.3, -0.25) is 4.90 Å². The molecule has 0 saturated heterocycles. The van der Waals surface area contributed by atoms with Crippen molar-refractivity contribution >= 4 is 28.4 Å². The Kier molecular flexibility index (Phi) is 2.15. The van der Waals surface area contributed by atoms with Crippen LogP contribution in [0.3, 0.4) is 0 Å². The number of para-hydroxylation sites is 2. The number of allylic oxidation sites excluding steroid dienone is 1. The van der Waals surface area contributed by atoms with Crippen molar-refractivity contribution in [3.63, 3.8) is 0 Å². The predicted molar refractivity (Wildman–Crippen MR) is 63.3 cm³/mol. The first-order chi connectivity index (χ1) is 7.83. The van der Waals surface area contributed by atoms with Gasteiger partial charge in [-0.05, 0) is 18.2 Å². The first kappa shape index (κ1) is 9.42. The van der Waals surface area contributed by atoms with E-state index in [4.69, 9.17) is 16.3 Å². The minimum Gasteiger partial charge on any atom is -0.470 e. The quantitative estimate of drug-likeness (QED) is 0.690.